The van der Waals surface area contributed by atoms with Crippen LogP contribution in [0.3, 0.4) is 0 Å². The average Bonchev–Trinajstić information content (AvgIpc) is 2.79. The Morgan fingerprint density at radius 3 is 2.59 bits per heavy atom. The van der Waals surface area contributed by atoms with Crippen LogP contribution in [0.4, 0.5) is 0 Å². The highest BCUT2D eigenvalue weighted by Gasteiger charge is 2.40. The number of carbonyl (C=O) groups excluding carboxylic acids is 2. The van der Waals surface area contributed by atoms with E-state index < -0.39 is 5.92 Å². The maximum absolute atomic E-state index is 13.5. The molecule has 1 saturated carbocycles. The van der Waals surface area contributed by atoms with Gasteiger partial charge in [-0.05, 0) is 70.1 Å². The zero-order valence-electron chi connectivity index (χ0n) is 19.3. The summed E-state index contributed by atoms with van der Waals surface area (Å²) in [5, 5.41) is 3.36. The van der Waals surface area contributed by atoms with Crippen molar-refractivity contribution >= 4 is 11.8 Å². The second-order valence-corrected chi connectivity index (χ2v) is 8.77. The molecule has 0 radical (unpaired) electrons. The molecule has 4 rings (SSSR count). The predicted molar refractivity (Wildman–Crippen MR) is 122 cm³/mol. The van der Waals surface area contributed by atoms with Gasteiger partial charge in [-0.1, -0.05) is 12.5 Å². The number of carbonyl (C=O) groups is 2. The number of hydrogen-bond donors (Lipinski definition) is 1. The Balaban J connectivity index is 1.76. The highest BCUT2D eigenvalue weighted by molar-refractivity contribution is 6.03. The van der Waals surface area contributed by atoms with Gasteiger partial charge in [-0.15, -0.1) is 0 Å². The summed E-state index contributed by atoms with van der Waals surface area (Å²) in [7, 11) is 1.60. The average molecular weight is 440 g/mol. The Hall–Kier alpha value is -2.76. The van der Waals surface area contributed by atoms with E-state index >= 15 is 0 Å². The lowest BCUT2D eigenvalue weighted by Gasteiger charge is -2.35. The maximum atomic E-state index is 13.5. The molecule has 1 aliphatic heterocycles. The van der Waals surface area contributed by atoms with E-state index in [4.69, 9.17) is 14.2 Å². The third kappa shape index (κ3) is 4.41. The number of allylic oxidation sites excluding steroid dienone is 3. The van der Waals surface area contributed by atoms with Crippen molar-refractivity contribution in [3.63, 3.8) is 0 Å². The molecule has 0 spiro atoms. The van der Waals surface area contributed by atoms with Gasteiger partial charge in [0.1, 0.15) is 6.10 Å². The molecule has 0 unspecified atom stereocenters. The van der Waals surface area contributed by atoms with E-state index in [1.807, 2.05) is 32.0 Å². The molecule has 0 saturated heterocycles. The molecular weight excluding hydrogens is 406 g/mol. The number of benzene rings is 1. The number of rotatable bonds is 6. The van der Waals surface area contributed by atoms with Crippen LogP contribution in [0.15, 0.2) is 40.7 Å². The van der Waals surface area contributed by atoms with Crippen molar-refractivity contribution in [1.29, 1.82) is 0 Å². The quantitative estimate of drug-likeness (QED) is 0.633. The molecule has 0 aromatic heterocycles. The molecular formula is C26H33NO5. The summed E-state index contributed by atoms with van der Waals surface area (Å²) < 4.78 is 17.2. The van der Waals surface area contributed by atoms with E-state index in [9.17, 15) is 9.59 Å². The zero-order chi connectivity index (χ0) is 22.7. The van der Waals surface area contributed by atoms with Crippen molar-refractivity contribution in [3.05, 3.63) is 46.3 Å². The summed E-state index contributed by atoms with van der Waals surface area (Å²) in [5.74, 6) is 0.520. The Morgan fingerprint density at radius 1 is 1.09 bits per heavy atom. The van der Waals surface area contributed by atoms with Crippen LogP contribution in [-0.2, 0) is 14.3 Å². The SMILES string of the molecule is CCOc1ccc([C@H]2C(C(=O)OC3CCCCC3)=C(C)NC3=C2C(=O)CCC3)cc1OC. The molecule has 172 valence electrons. The van der Waals surface area contributed by atoms with Crippen molar-refractivity contribution in [1.82, 2.24) is 5.32 Å². The second kappa shape index (κ2) is 9.80. The lowest BCUT2D eigenvalue weighted by molar-refractivity contribution is -0.146. The lowest BCUT2D eigenvalue weighted by atomic mass is 9.75. The first-order valence-electron chi connectivity index (χ1n) is 11.8. The van der Waals surface area contributed by atoms with E-state index in [1.165, 1.54) is 6.42 Å². The monoisotopic (exact) mass is 439 g/mol. The molecule has 1 N–H and O–H groups in total. The molecule has 3 aliphatic rings. The van der Waals surface area contributed by atoms with E-state index in [1.54, 1.807) is 7.11 Å². The summed E-state index contributed by atoms with van der Waals surface area (Å²) in [6.45, 7) is 4.34. The number of hydrogen-bond acceptors (Lipinski definition) is 6. The van der Waals surface area contributed by atoms with E-state index in [0.717, 1.165) is 55.5 Å². The van der Waals surface area contributed by atoms with Gasteiger partial charge in [0.15, 0.2) is 17.3 Å². The molecule has 0 bridgehead atoms. The number of Topliss-reactive ketones (excluding diaryl/α,β-unsaturated/α-hetero) is 1. The number of nitrogens with one attached hydrogen (secondary N) is 1. The molecule has 32 heavy (non-hydrogen) atoms. The van der Waals surface area contributed by atoms with Crippen molar-refractivity contribution < 1.29 is 23.8 Å². The molecule has 1 aromatic rings. The van der Waals surface area contributed by atoms with Crippen molar-refractivity contribution in [3.8, 4) is 11.5 Å². The molecule has 1 fully saturated rings. The Morgan fingerprint density at radius 2 is 1.88 bits per heavy atom. The minimum atomic E-state index is -0.472. The summed E-state index contributed by atoms with van der Waals surface area (Å²) in [4.78, 5) is 26.5. The summed E-state index contributed by atoms with van der Waals surface area (Å²) in [5.41, 5.74) is 3.73. The van der Waals surface area contributed by atoms with Gasteiger partial charge in [-0.2, -0.15) is 0 Å². The smallest absolute Gasteiger partial charge is 0.337 e. The van der Waals surface area contributed by atoms with Gasteiger partial charge in [-0.3, -0.25) is 4.79 Å². The minimum Gasteiger partial charge on any atom is -0.493 e. The third-order valence-corrected chi connectivity index (χ3v) is 6.64. The van der Waals surface area contributed by atoms with E-state index in [2.05, 4.69) is 5.32 Å². The molecule has 6 nitrogen and oxygen atoms in total. The molecule has 1 aromatic carbocycles. The summed E-state index contributed by atoms with van der Waals surface area (Å²) in [6.07, 6.45) is 7.23. The van der Waals surface area contributed by atoms with Gasteiger partial charge in [0, 0.05) is 29.3 Å². The number of esters is 1. The highest BCUT2D eigenvalue weighted by atomic mass is 16.5. The number of ether oxygens (including phenoxy) is 3. The number of methoxy groups -OCH3 is 1. The van der Waals surface area contributed by atoms with Crippen molar-refractivity contribution in [2.24, 2.45) is 0 Å². The van der Waals surface area contributed by atoms with Crippen LogP contribution in [0.25, 0.3) is 0 Å². The van der Waals surface area contributed by atoms with Crippen LogP contribution in [0.1, 0.15) is 76.7 Å². The predicted octanol–water partition coefficient (Wildman–Crippen LogP) is 4.94. The van der Waals surface area contributed by atoms with Crippen LogP contribution in [0.5, 0.6) is 11.5 Å². The van der Waals surface area contributed by atoms with Gasteiger partial charge >= 0.3 is 5.97 Å². The van der Waals surface area contributed by atoms with Crippen molar-refractivity contribution in [2.75, 3.05) is 13.7 Å². The normalized spacial score (nSPS) is 21.7. The second-order valence-electron chi connectivity index (χ2n) is 8.77. The maximum Gasteiger partial charge on any atom is 0.337 e. The van der Waals surface area contributed by atoms with Crippen LogP contribution >= 0.6 is 0 Å². The fourth-order valence-corrected chi connectivity index (χ4v) is 5.12. The van der Waals surface area contributed by atoms with Crippen molar-refractivity contribution in [2.45, 2.75) is 77.2 Å². The fraction of sp³-hybridized carbons (Fsp3) is 0.538. The summed E-state index contributed by atoms with van der Waals surface area (Å²) >= 11 is 0. The Bertz CT molecular complexity index is 955. The molecule has 6 heteroatoms. The fourth-order valence-electron chi connectivity index (χ4n) is 5.12. The molecule has 1 atom stereocenters. The third-order valence-electron chi connectivity index (χ3n) is 6.64. The standard InChI is InChI=1S/C26H33NO5/c1-4-31-21-14-13-17(15-22(21)30-3)24-23(26(29)32-18-9-6-5-7-10-18)16(2)27-19-11-8-12-20(28)25(19)24/h13-15,18,24,27H,4-12H2,1-3H3/t24-/m0/s1. The first-order valence-corrected chi connectivity index (χ1v) is 11.8. The number of ketones is 1. The van der Waals surface area contributed by atoms with E-state index in [0.29, 0.717) is 35.7 Å². The Kier molecular flexibility index (Phi) is 6.87. The van der Waals surface area contributed by atoms with Crippen LogP contribution < -0.4 is 14.8 Å². The highest BCUT2D eigenvalue weighted by Crippen LogP contribution is 2.44. The topological polar surface area (TPSA) is 73.9 Å². The van der Waals surface area contributed by atoms with Gasteiger partial charge in [-0.25, -0.2) is 4.79 Å². The first-order chi connectivity index (χ1) is 15.5. The number of dihydropyridines is 1. The van der Waals surface area contributed by atoms with Crippen LogP contribution in [0.2, 0.25) is 0 Å². The van der Waals surface area contributed by atoms with Crippen LogP contribution in [-0.4, -0.2) is 31.6 Å². The Labute approximate surface area is 190 Å². The zero-order valence-corrected chi connectivity index (χ0v) is 19.3. The first kappa shape index (κ1) is 22.4. The molecule has 2 aliphatic carbocycles. The molecule has 0 amide bonds. The van der Waals surface area contributed by atoms with Gasteiger partial charge in [0.2, 0.25) is 0 Å². The van der Waals surface area contributed by atoms with E-state index in [-0.39, 0.29) is 17.9 Å². The lowest BCUT2D eigenvalue weighted by Crippen LogP contribution is -2.35. The van der Waals surface area contributed by atoms with Gasteiger partial charge in [0.25, 0.3) is 0 Å². The van der Waals surface area contributed by atoms with Gasteiger partial charge in [0.05, 0.1) is 19.3 Å². The van der Waals surface area contributed by atoms with Crippen LogP contribution in [0, 0.1) is 0 Å². The van der Waals surface area contributed by atoms with Gasteiger partial charge < -0.3 is 19.5 Å². The summed E-state index contributed by atoms with van der Waals surface area (Å²) in [6, 6.07) is 5.67. The largest absolute Gasteiger partial charge is 0.493 e. The molecule has 1 heterocycles. The minimum absolute atomic E-state index is 0.0514.